The first-order valence-electron chi connectivity index (χ1n) is 4.54. The molecule has 0 bridgehead atoms. The lowest BCUT2D eigenvalue weighted by atomic mass is 10.3. The third-order valence-corrected chi connectivity index (χ3v) is 1.75. The minimum absolute atomic E-state index is 0.0378. The molecular weight excluding hydrogens is 264 g/mol. The van der Waals surface area contributed by atoms with Gasteiger partial charge in [0.1, 0.15) is 0 Å². The van der Waals surface area contributed by atoms with Crippen LogP contribution in [0.3, 0.4) is 0 Å². The summed E-state index contributed by atoms with van der Waals surface area (Å²) in [6, 6.07) is 0. The van der Waals surface area contributed by atoms with E-state index in [-0.39, 0.29) is 6.42 Å². The monoisotopic (exact) mass is 279 g/mol. The molecular formula is C8H15F3O5P+. The van der Waals surface area contributed by atoms with Crippen molar-refractivity contribution in [2.75, 3.05) is 20.8 Å². The molecule has 0 aliphatic rings. The third-order valence-electron chi connectivity index (χ3n) is 1.15. The van der Waals surface area contributed by atoms with E-state index in [4.69, 9.17) is 0 Å². The Kier molecular flexibility index (Phi) is 11.4. The van der Waals surface area contributed by atoms with Crippen molar-refractivity contribution in [1.82, 2.24) is 0 Å². The summed E-state index contributed by atoms with van der Waals surface area (Å²) in [7, 11) is 0.817. The molecule has 0 spiro atoms. The van der Waals surface area contributed by atoms with E-state index in [1.165, 1.54) is 14.2 Å². The minimum Gasteiger partial charge on any atom is -0.456 e. The van der Waals surface area contributed by atoms with E-state index in [1.54, 1.807) is 6.92 Å². The Morgan fingerprint density at radius 2 is 1.71 bits per heavy atom. The molecule has 102 valence electrons. The van der Waals surface area contributed by atoms with Gasteiger partial charge in [-0.25, -0.2) is 0 Å². The van der Waals surface area contributed by atoms with E-state index < -0.39 is 27.0 Å². The summed E-state index contributed by atoms with van der Waals surface area (Å²) in [4.78, 5) is 10.4. The van der Waals surface area contributed by atoms with Gasteiger partial charge < -0.3 is 4.74 Å². The topological polar surface area (TPSA) is 61.8 Å². The third kappa shape index (κ3) is 17.9. The molecule has 17 heavy (non-hydrogen) atoms. The van der Waals surface area contributed by atoms with Crippen molar-refractivity contribution in [3.05, 3.63) is 0 Å². The zero-order valence-corrected chi connectivity index (χ0v) is 10.6. The van der Waals surface area contributed by atoms with Crippen LogP contribution in [-0.2, 0) is 23.1 Å². The van der Waals surface area contributed by atoms with Crippen LogP contribution in [-0.4, -0.2) is 33.0 Å². The number of carbonyl (C=O) groups is 1. The summed E-state index contributed by atoms with van der Waals surface area (Å²) in [6.45, 7) is 0.209. The maximum absolute atomic E-state index is 11.4. The predicted octanol–water partition coefficient (Wildman–Crippen LogP) is 2.83. The molecule has 0 saturated carbocycles. The lowest BCUT2D eigenvalue weighted by Gasteiger charge is -2.06. The zero-order chi connectivity index (χ0) is 13.9. The van der Waals surface area contributed by atoms with E-state index in [1.807, 2.05) is 0 Å². The standard InChI is InChI=1S/C6H9F3O2.C2H6O3P/c1-2-3-5(10)11-4-6(7,8)9;1-4-6(3)5-2/h2-4H2,1H3;1-2H3/q;+1. The maximum atomic E-state index is 11.4. The summed E-state index contributed by atoms with van der Waals surface area (Å²) in [6.07, 6.45) is -3.88. The van der Waals surface area contributed by atoms with Crippen LogP contribution in [0.1, 0.15) is 19.8 Å². The molecule has 5 nitrogen and oxygen atoms in total. The summed E-state index contributed by atoms with van der Waals surface area (Å²) in [5.74, 6) is -0.801. The Hall–Kier alpha value is -0.720. The Bertz CT molecular complexity index is 226. The van der Waals surface area contributed by atoms with Gasteiger partial charge in [0.05, 0.1) is 14.2 Å². The minimum atomic E-state index is -4.41. The quantitative estimate of drug-likeness (QED) is 0.572. The number of hydrogen-bond donors (Lipinski definition) is 0. The number of halogens is 3. The van der Waals surface area contributed by atoms with Gasteiger partial charge in [-0.1, -0.05) is 6.92 Å². The van der Waals surface area contributed by atoms with Crippen LogP contribution in [0.4, 0.5) is 13.2 Å². The van der Waals surface area contributed by atoms with Crippen LogP contribution < -0.4 is 0 Å². The normalized spacial score (nSPS) is 10.2. The van der Waals surface area contributed by atoms with Crippen LogP contribution >= 0.6 is 8.25 Å². The Balaban J connectivity index is 0. The molecule has 0 fully saturated rings. The highest BCUT2D eigenvalue weighted by Crippen LogP contribution is 2.18. The summed E-state index contributed by atoms with van der Waals surface area (Å²) < 4.78 is 56.3. The van der Waals surface area contributed by atoms with Crippen molar-refractivity contribution >= 4 is 14.2 Å². The van der Waals surface area contributed by atoms with E-state index in [0.29, 0.717) is 6.42 Å². The fourth-order valence-corrected chi connectivity index (χ4v) is 0.662. The van der Waals surface area contributed by atoms with Gasteiger partial charge in [-0.3, -0.25) is 4.79 Å². The van der Waals surface area contributed by atoms with Gasteiger partial charge in [-0.05, 0) is 6.42 Å². The molecule has 0 saturated heterocycles. The molecule has 0 aromatic heterocycles. The van der Waals surface area contributed by atoms with Gasteiger partial charge in [-0.15, -0.1) is 9.05 Å². The van der Waals surface area contributed by atoms with E-state index in [0.717, 1.165) is 0 Å². The van der Waals surface area contributed by atoms with Crippen LogP contribution in [0.5, 0.6) is 0 Å². The molecule has 0 amide bonds. The fraction of sp³-hybridized carbons (Fsp3) is 0.875. The second-order valence-corrected chi connectivity index (χ2v) is 3.79. The van der Waals surface area contributed by atoms with E-state index in [9.17, 15) is 22.5 Å². The molecule has 0 atom stereocenters. The second-order valence-electron chi connectivity index (χ2n) is 2.61. The van der Waals surface area contributed by atoms with Gasteiger partial charge in [-0.2, -0.15) is 13.2 Å². The van der Waals surface area contributed by atoms with Gasteiger partial charge in [0.25, 0.3) is 0 Å². The van der Waals surface area contributed by atoms with Crippen molar-refractivity contribution in [2.24, 2.45) is 0 Å². The Morgan fingerprint density at radius 1 is 1.24 bits per heavy atom. The number of rotatable bonds is 5. The highest BCUT2D eigenvalue weighted by molar-refractivity contribution is 7.33. The number of alkyl halides is 3. The first kappa shape index (κ1) is 18.6. The van der Waals surface area contributed by atoms with Crippen molar-refractivity contribution in [3.8, 4) is 0 Å². The average Bonchev–Trinajstić information content (AvgIpc) is 2.25. The molecule has 0 radical (unpaired) electrons. The van der Waals surface area contributed by atoms with Crippen molar-refractivity contribution in [2.45, 2.75) is 25.9 Å². The Labute approximate surface area is 98.2 Å². The van der Waals surface area contributed by atoms with Gasteiger partial charge in [0.2, 0.25) is 0 Å². The van der Waals surface area contributed by atoms with Crippen LogP contribution in [0, 0.1) is 0 Å². The fourth-order valence-electron chi connectivity index (χ4n) is 0.513. The molecule has 0 N–H and O–H groups in total. The number of esters is 1. The summed E-state index contributed by atoms with van der Waals surface area (Å²) in [5, 5.41) is 0. The lowest BCUT2D eigenvalue weighted by molar-refractivity contribution is -0.186. The van der Waals surface area contributed by atoms with Crippen LogP contribution in [0.2, 0.25) is 0 Å². The highest BCUT2D eigenvalue weighted by Gasteiger charge is 2.29. The predicted molar refractivity (Wildman–Crippen MR) is 53.5 cm³/mol. The lowest BCUT2D eigenvalue weighted by Crippen LogP contribution is -2.19. The molecule has 0 heterocycles. The number of carbonyl (C=O) groups excluding carboxylic acids is 1. The highest BCUT2D eigenvalue weighted by atomic mass is 31.1. The molecule has 0 aliphatic carbocycles. The van der Waals surface area contributed by atoms with Gasteiger partial charge in [0.15, 0.2) is 6.61 Å². The molecule has 0 rings (SSSR count). The van der Waals surface area contributed by atoms with E-state index >= 15 is 0 Å². The number of hydrogen-bond acceptors (Lipinski definition) is 5. The molecule has 9 heteroatoms. The van der Waals surface area contributed by atoms with E-state index in [2.05, 4.69) is 13.8 Å². The zero-order valence-electron chi connectivity index (χ0n) is 9.74. The first-order chi connectivity index (χ1) is 7.76. The van der Waals surface area contributed by atoms with Gasteiger partial charge in [0, 0.05) is 11.0 Å². The van der Waals surface area contributed by atoms with Gasteiger partial charge >= 0.3 is 20.4 Å². The molecule has 0 unspecified atom stereocenters. The van der Waals surface area contributed by atoms with Crippen LogP contribution in [0.25, 0.3) is 0 Å². The van der Waals surface area contributed by atoms with Crippen molar-refractivity contribution in [1.29, 1.82) is 0 Å². The summed E-state index contributed by atoms with van der Waals surface area (Å²) >= 11 is 0. The largest absolute Gasteiger partial charge is 0.696 e. The first-order valence-corrected chi connectivity index (χ1v) is 5.64. The SMILES string of the molecule is CCCC(=O)OCC(F)(F)F.CO[P+](=O)OC. The average molecular weight is 279 g/mol. The second kappa shape index (κ2) is 10.4. The van der Waals surface area contributed by atoms with Crippen molar-refractivity contribution in [3.63, 3.8) is 0 Å². The van der Waals surface area contributed by atoms with Crippen LogP contribution in [0.15, 0.2) is 0 Å². The summed E-state index contributed by atoms with van der Waals surface area (Å²) in [5.41, 5.74) is 0. The maximum Gasteiger partial charge on any atom is 0.696 e. The molecule has 0 aromatic rings. The molecule has 0 aromatic carbocycles. The van der Waals surface area contributed by atoms with Crippen molar-refractivity contribution < 1.29 is 36.3 Å². The smallest absolute Gasteiger partial charge is 0.456 e. The molecule has 0 aliphatic heterocycles. The Morgan fingerprint density at radius 3 is 1.94 bits per heavy atom. The number of ether oxygens (including phenoxy) is 1.